The number of hydrogen-bond donors (Lipinski definition) is 0. The van der Waals surface area contributed by atoms with Gasteiger partial charge >= 0.3 is 0 Å². The van der Waals surface area contributed by atoms with E-state index in [2.05, 4.69) is 18.8 Å². The Morgan fingerprint density at radius 1 is 1.29 bits per heavy atom. The second-order valence-corrected chi connectivity index (χ2v) is 8.67. The van der Waals surface area contributed by atoms with Gasteiger partial charge in [0.15, 0.2) is 0 Å². The van der Waals surface area contributed by atoms with Crippen molar-refractivity contribution in [3.8, 4) is 24.7 Å². The van der Waals surface area contributed by atoms with Gasteiger partial charge in [0.25, 0.3) is 0 Å². The molecule has 0 N–H and O–H groups in total. The molecule has 0 aromatic rings. The second-order valence-electron chi connectivity index (χ2n) is 2.24. The lowest BCUT2D eigenvalue weighted by Crippen LogP contribution is -1.94. The first-order valence-corrected chi connectivity index (χ1v) is 8.32. The lowest BCUT2D eigenvalue weighted by Gasteiger charge is -2.18. The van der Waals surface area contributed by atoms with Gasteiger partial charge in [-0.25, -0.2) is 0 Å². The zero-order valence-electron chi connectivity index (χ0n) is 8.06. The van der Waals surface area contributed by atoms with Gasteiger partial charge < -0.3 is 9.05 Å². The molecule has 5 heteroatoms. The highest BCUT2D eigenvalue weighted by molar-refractivity contribution is 8.67. The lowest BCUT2D eigenvalue weighted by atomic mass is 10.6. The molecule has 0 unspecified atom stereocenters. The largest absolute Gasteiger partial charge is 0.309 e. The van der Waals surface area contributed by atoms with Gasteiger partial charge in [-0.2, -0.15) is 0 Å². The van der Waals surface area contributed by atoms with E-state index in [4.69, 9.17) is 33.7 Å². The van der Waals surface area contributed by atoms with Crippen molar-refractivity contribution in [3.63, 3.8) is 0 Å². The van der Waals surface area contributed by atoms with E-state index in [-0.39, 0.29) is 13.2 Å². The summed E-state index contributed by atoms with van der Waals surface area (Å²) >= 11 is 6.73. The van der Waals surface area contributed by atoms with Crippen LogP contribution < -0.4 is 0 Å². The topological polar surface area (TPSA) is 18.5 Å². The first-order valence-electron chi connectivity index (χ1n) is 4.09. The SMILES string of the molecule is C#CCOP(=S)(OCC#C)SCCC. The molecule has 0 spiro atoms. The van der Waals surface area contributed by atoms with E-state index in [1.165, 1.54) is 11.4 Å². The van der Waals surface area contributed by atoms with Crippen LogP contribution in [-0.2, 0) is 20.9 Å². The molecule has 0 radical (unpaired) electrons. The van der Waals surface area contributed by atoms with Gasteiger partial charge in [0, 0.05) is 5.75 Å². The molecule has 2 nitrogen and oxygen atoms in total. The zero-order chi connectivity index (χ0) is 10.9. The summed E-state index contributed by atoms with van der Waals surface area (Å²) in [6.45, 7) is 2.42. The van der Waals surface area contributed by atoms with Crippen LogP contribution in [0.4, 0.5) is 0 Å². The fourth-order valence-corrected chi connectivity index (χ4v) is 4.61. The van der Waals surface area contributed by atoms with Gasteiger partial charge in [-0.1, -0.05) is 30.1 Å². The van der Waals surface area contributed by atoms with Crippen molar-refractivity contribution in [1.29, 1.82) is 0 Å². The third-order valence-corrected chi connectivity index (χ3v) is 6.57. The maximum Gasteiger partial charge on any atom is 0.249 e. The summed E-state index contributed by atoms with van der Waals surface area (Å²) in [5.74, 6) is 5.64. The van der Waals surface area contributed by atoms with Gasteiger partial charge in [0.2, 0.25) is 5.69 Å². The van der Waals surface area contributed by atoms with Crippen LogP contribution in [-0.4, -0.2) is 19.0 Å². The summed E-state index contributed by atoms with van der Waals surface area (Å²) in [5.41, 5.74) is -2.30. The Hall–Kier alpha value is 0.0400. The van der Waals surface area contributed by atoms with Crippen molar-refractivity contribution >= 4 is 28.9 Å². The monoisotopic (exact) mass is 248 g/mol. The Kier molecular flexibility index (Phi) is 8.38. The van der Waals surface area contributed by atoms with Crippen molar-refractivity contribution in [2.24, 2.45) is 0 Å². The van der Waals surface area contributed by atoms with Crippen molar-refractivity contribution in [1.82, 2.24) is 0 Å². The summed E-state index contributed by atoms with van der Waals surface area (Å²) in [6.07, 6.45) is 11.2. The Bertz CT molecular complexity index is 256. The molecular formula is C9H13O2PS2. The molecule has 0 saturated heterocycles. The van der Waals surface area contributed by atoms with E-state index in [1.807, 2.05) is 0 Å². The summed E-state index contributed by atoms with van der Waals surface area (Å²) in [6, 6.07) is 0. The predicted molar refractivity (Wildman–Crippen MR) is 66.6 cm³/mol. The van der Waals surface area contributed by atoms with E-state index >= 15 is 0 Å². The van der Waals surface area contributed by atoms with Crippen molar-refractivity contribution in [3.05, 3.63) is 0 Å². The average molecular weight is 248 g/mol. The fourth-order valence-electron chi connectivity index (χ4n) is 0.548. The van der Waals surface area contributed by atoms with Gasteiger partial charge in [-0.15, -0.1) is 12.8 Å². The van der Waals surface area contributed by atoms with E-state index in [0.29, 0.717) is 0 Å². The summed E-state index contributed by atoms with van der Waals surface area (Å²) in [5, 5.41) is 0. The molecular weight excluding hydrogens is 235 g/mol. The van der Waals surface area contributed by atoms with Crippen LogP contribution in [0.3, 0.4) is 0 Å². The minimum atomic E-state index is -2.30. The van der Waals surface area contributed by atoms with Crippen LogP contribution in [0.15, 0.2) is 0 Å². The highest BCUT2D eigenvalue weighted by Gasteiger charge is 2.18. The molecule has 0 heterocycles. The van der Waals surface area contributed by atoms with E-state index in [0.717, 1.165) is 12.2 Å². The Morgan fingerprint density at radius 2 is 1.79 bits per heavy atom. The van der Waals surface area contributed by atoms with E-state index in [9.17, 15) is 0 Å². The van der Waals surface area contributed by atoms with E-state index in [1.54, 1.807) is 0 Å². The van der Waals surface area contributed by atoms with Gasteiger partial charge in [0.05, 0.1) is 0 Å². The number of rotatable bonds is 7. The number of hydrogen-bond acceptors (Lipinski definition) is 4. The van der Waals surface area contributed by atoms with Crippen LogP contribution in [0.2, 0.25) is 0 Å². The molecule has 0 aliphatic carbocycles. The molecule has 0 bridgehead atoms. The molecule has 0 aliphatic rings. The molecule has 78 valence electrons. The van der Waals surface area contributed by atoms with Crippen molar-refractivity contribution in [2.45, 2.75) is 13.3 Å². The molecule has 0 saturated carbocycles. The summed E-state index contributed by atoms with van der Waals surface area (Å²) in [4.78, 5) is 0. The third kappa shape index (κ3) is 6.49. The van der Waals surface area contributed by atoms with Crippen LogP contribution in [0.5, 0.6) is 0 Å². The number of terminal acetylenes is 2. The van der Waals surface area contributed by atoms with Crippen LogP contribution >= 0.6 is 17.1 Å². The third-order valence-electron chi connectivity index (χ3n) is 1.07. The smallest absolute Gasteiger partial charge is 0.249 e. The molecule has 14 heavy (non-hydrogen) atoms. The minimum absolute atomic E-state index is 0.179. The molecule has 0 fully saturated rings. The van der Waals surface area contributed by atoms with Gasteiger partial charge in [-0.05, 0) is 18.2 Å². The first-order chi connectivity index (χ1) is 6.68. The molecule has 0 atom stereocenters. The summed E-state index contributed by atoms with van der Waals surface area (Å²) < 4.78 is 10.6. The Balaban J connectivity index is 4.13. The normalized spacial score (nSPS) is 10.5. The lowest BCUT2D eigenvalue weighted by molar-refractivity contribution is 0.309. The van der Waals surface area contributed by atoms with Crippen molar-refractivity contribution < 1.29 is 9.05 Å². The zero-order valence-corrected chi connectivity index (χ0v) is 10.6. The molecule has 0 rings (SSSR count). The van der Waals surface area contributed by atoms with Gasteiger partial charge in [0.1, 0.15) is 13.2 Å². The maximum atomic E-state index is 5.32. The fraction of sp³-hybridized carbons (Fsp3) is 0.556. The van der Waals surface area contributed by atoms with Crippen LogP contribution in [0, 0.1) is 24.7 Å². The molecule has 0 aliphatic heterocycles. The Morgan fingerprint density at radius 3 is 2.14 bits per heavy atom. The van der Waals surface area contributed by atoms with Crippen LogP contribution in [0.25, 0.3) is 0 Å². The minimum Gasteiger partial charge on any atom is -0.309 e. The first kappa shape index (κ1) is 14.0. The molecule has 0 amide bonds. The standard InChI is InChI=1S/C9H13O2PS2/c1-4-7-10-12(13,11-8-5-2)14-9-6-3/h1-2H,6-9H2,3H3. The molecule has 0 aromatic heterocycles. The highest BCUT2D eigenvalue weighted by Crippen LogP contribution is 2.60. The van der Waals surface area contributed by atoms with Crippen LogP contribution in [0.1, 0.15) is 13.3 Å². The Labute approximate surface area is 95.0 Å². The van der Waals surface area contributed by atoms with E-state index < -0.39 is 5.69 Å². The van der Waals surface area contributed by atoms with Gasteiger partial charge in [-0.3, -0.25) is 0 Å². The average Bonchev–Trinajstić information content (AvgIpc) is 2.21. The second kappa shape index (κ2) is 8.36. The predicted octanol–water partition coefficient (Wildman–Crippen LogP) is 2.65. The maximum absolute atomic E-state index is 5.32. The highest BCUT2D eigenvalue weighted by atomic mass is 32.9. The quantitative estimate of drug-likeness (QED) is 0.509. The summed E-state index contributed by atoms with van der Waals surface area (Å²) in [7, 11) is 0. The van der Waals surface area contributed by atoms with Crippen molar-refractivity contribution in [2.75, 3.05) is 19.0 Å². The molecule has 0 aromatic carbocycles.